The van der Waals surface area contributed by atoms with Crippen LogP contribution in [0.5, 0.6) is 0 Å². The predicted octanol–water partition coefficient (Wildman–Crippen LogP) is 2.79. The summed E-state index contributed by atoms with van der Waals surface area (Å²) in [6, 6.07) is 4.83. The zero-order valence-electron chi connectivity index (χ0n) is 10.1. The van der Waals surface area contributed by atoms with E-state index in [2.05, 4.69) is 10.2 Å². The first-order valence-electron chi connectivity index (χ1n) is 5.36. The average Bonchev–Trinajstić information content (AvgIpc) is 2.24. The average molecular weight is 231 g/mol. The van der Waals surface area contributed by atoms with Gasteiger partial charge in [-0.05, 0) is 55.7 Å². The van der Waals surface area contributed by atoms with Crippen molar-refractivity contribution < 1.29 is 4.39 Å². The summed E-state index contributed by atoms with van der Waals surface area (Å²) in [6.07, 6.45) is 0. The second-order valence-electron chi connectivity index (χ2n) is 4.20. The molecular weight excluding hydrogens is 217 g/mol. The molecule has 2 rings (SSSR count). The highest BCUT2D eigenvalue weighted by atomic mass is 19.1. The Morgan fingerprint density at radius 3 is 2.35 bits per heavy atom. The Kier molecular flexibility index (Phi) is 2.79. The smallest absolute Gasteiger partial charge is 0.149 e. The number of nitrogens with zero attached hydrogens (tertiary/aromatic N) is 2. The van der Waals surface area contributed by atoms with Gasteiger partial charge in [-0.3, -0.25) is 0 Å². The molecule has 0 bridgehead atoms. The molecule has 1 aromatic heterocycles. The Labute approximate surface area is 99.5 Å². The van der Waals surface area contributed by atoms with Crippen molar-refractivity contribution in [3.8, 4) is 11.3 Å². The number of nitrogen functional groups attached to an aromatic ring is 1. The van der Waals surface area contributed by atoms with Crippen LogP contribution in [0.15, 0.2) is 18.2 Å². The van der Waals surface area contributed by atoms with Gasteiger partial charge in [0.2, 0.25) is 0 Å². The molecule has 2 aromatic rings. The van der Waals surface area contributed by atoms with Crippen LogP contribution < -0.4 is 5.73 Å². The van der Waals surface area contributed by atoms with Gasteiger partial charge in [-0.25, -0.2) is 4.39 Å². The third kappa shape index (κ3) is 2.11. The van der Waals surface area contributed by atoms with Crippen molar-refractivity contribution in [3.63, 3.8) is 0 Å². The summed E-state index contributed by atoms with van der Waals surface area (Å²) in [5, 5.41) is 7.93. The highest BCUT2D eigenvalue weighted by Crippen LogP contribution is 2.26. The summed E-state index contributed by atoms with van der Waals surface area (Å²) in [4.78, 5) is 0. The lowest BCUT2D eigenvalue weighted by atomic mass is 10.0. The van der Waals surface area contributed by atoms with Gasteiger partial charge in [0, 0.05) is 5.56 Å². The normalized spacial score (nSPS) is 10.6. The molecule has 1 heterocycles. The Morgan fingerprint density at radius 2 is 1.71 bits per heavy atom. The first-order chi connectivity index (χ1) is 7.99. The lowest BCUT2D eigenvalue weighted by molar-refractivity contribution is 0.627. The van der Waals surface area contributed by atoms with Crippen molar-refractivity contribution >= 4 is 5.82 Å². The maximum atomic E-state index is 13.4. The topological polar surface area (TPSA) is 51.8 Å². The minimum Gasteiger partial charge on any atom is -0.382 e. The fourth-order valence-electron chi connectivity index (χ4n) is 1.77. The largest absolute Gasteiger partial charge is 0.382 e. The lowest BCUT2D eigenvalue weighted by Crippen LogP contribution is -2.02. The Hall–Kier alpha value is -1.97. The first-order valence-corrected chi connectivity index (χ1v) is 5.36. The third-order valence-electron chi connectivity index (χ3n) is 2.88. The van der Waals surface area contributed by atoms with Gasteiger partial charge in [0.25, 0.3) is 0 Å². The van der Waals surface area contributed by atoms with Gasteiger partial charge < -0.3 is 5.73 Å². The molecule has 0 saturated carbocycles. The molecule has 0 aliphatic heterocycles. The summed E-state index contributed by atoms with van der Waals surface area (Å²) >= 11 is 0. The van der Waals surface area contributed by atoms with E-state index >= 15 is 0 Å². The van der Waals surface area contributed by atoms with E-state index in [4.69, 9.17) is 5.73 Å². The van der Waals surface area contributed by atoms with E-state index in [1.165, 1.54) is 12.1 Å². The number of rotatable bonds is 1. The van der Waals surface area contributed by atoms with Crippen LogP contribution in [0.4, 0.5) is 10.2 Å². The van der Waals surface area contributed by atoms with E-state index in [1.54, 1.807) is 0 Å². The van der Waals surface area contributed by atoms with Crippen molar-refractivity contribution in [1.82, 2.24) is 10.2 Å². The number of hydrogen-bond donors (Lipinski definition) is 1. The van der Waals surface area contributed by atoms with Crippen LogP contribution in [-0.4, -0.2) is 10.2 Å². The molecule has 3 nitrogen and oxygen atoms in total. The molecule has 0 unspecified atom stereocenters. The molecule has 88 valence electrons. The molecule has 0 aliphatic rings. The quantitative estimate of drug-likeness (QED) is 0.821. The molecule has 17 heavy (non-hydrogen) atoms. The molecule has 2 N–H and O–H groups in total. The fraction of sp³-hybridized carbons (Fsp3) is 0.231. The van der Waals surface area contributed by atoms with Gasteiger partial charge in [-0.2, -0.15) is 0 Å². The molecule has 0 aliphatic carbocycles. The zero-order chi connectivity index (χ0) is 12.6. The molecule has 0 amide bonds. The molecule has 0 radical (unpaired) electrons. The van der Waals surface area contributed by atoms with Crippen LogP contribution >= 0.6 is 0 Å². The summed E-state index contributed by atoms with van der Waals surface area (Å²) < 4.78 is 13.4. The predicted molar refractivity (Wildman–Crippen MR) is 66.0 cm³/mol. The van der Waals surface area contributed by atoms with Gasteiger partial charge in [0.05, 0.1) is 5.69 Å². The number of halogens is 1. The van der Waals surface area contributed by atoms with Gasteiger partial charge in [-0.15, -0.1) is 10.2 Å². The number of aryl methyl sites for hydroxylation is 1. The minimum absolute atomic E-state index is 0.268. The SMILES string of the molecule is Cc1cc(F)cc(-c2nnc(N)c(C)c2C)c1. The van der Waals surface area contributed by atoms with Crippen LogP contribution in [0.1, 0.15) is 16.7 Å². The van der Waals surface area contributed by atoms with Crippen molar-refractivity contribution in [2.75, 3.05) is 5.73 Å². The second kappa shape index (κ2) is 4.13. The van der Waals surface area contributed by atoms with E-state index in [9.17, 15) is 4.39 Å². The van der Waals surface area contributed by atoms with E-state index in [1.807, 2.05) is 26.8 Å². The Morgan fingerprint density at radius 1 is 1.00 bits per heavy atom. The number of anilines is 1. The number of aromatic nitrogens is 2. The fourth-order valence-corrected chi connectivity index (χ4v) is 1.77. The van der Waals surface area contributed by atoms with Gasteiger partial charge in [0.15, 0.2) is 0 Å². The van der Waals surface area contributed by atoms with Gasteiger partial charge in [-0.1, -0.05) is 0 Å². The molecule has 0 atom stereocenters. The first kappa shape index (κ1) is 11.5. The van der Waals surface area contributed by atoms with Gasteiger partial charge in [0.1, 0.15) is 11.6 Å². The van der Waals surface area contributed by atoms with E-state index in [0.29, 0.717) is 11.5 Å². The van der Waals surface area contributed by atoms with Crippen molar-refractivity contribution in [2.45, 2.75) is 20.8 Å². The number of hydrogen-bond acceptors (Lipinski definition) is 3. The van der Waals surface area contributed by atoms with Crippen LogP contribution in [-0.2, 0) is 0 Å². The molecule has 4 heteroatoms. The van der Waals surface area contributed by atoms with Crippen LogP contribution in [0.25, 0.3) is 11.3 Å². The lowest BCUT2D eigenvalue weighted by Gasteiger charge is -2.09. The Balaban J connectivity index is 2.64. The summed E-state index contributed by atoms with van der Waals surface area (Å²) in [6.45, 7) is 5.64. The zero-order valence-corrected chi connectivity index (χ0v) is 10.1. The maximum absolute atomic E-state index is 13.4. The van der Waals surface area contributed by atoms with E-state index < -0.39 is 0 Å². The van der Waals surface area contributed by atoms with Crippen LogP contribution in [0, 0.1) is 26.6 Å². The monoisotopic (exact) mass is 231 g/mol. The van der Waals surface area contributed by atoms with E-state index in [0.717, 1.165) is 22.3 Å². The molecule has 0 saturated heterocycles. The highest BCUT2D eigenvalue weighted by molar-refractivity contribution is 5.66. The molecule has 1 aromatic carbocycles. The van der Waals surface area contributed by atoms with Crippen LogP contribution in [0.2, 0.25) is 0 Å². The third-order valence-corrected chi connectivity index (χ3v) is 2.88. The molecule has 0 spiro atoms. The highest BCUT2D eigenvalue weighted by Gasteiger charge is 2.10. The number of benzene rings is 1. The standard InChI is InChI=1S/C13H14FN3/c1-7-4-10(6-11(14)5-7)12-8(2)9(3)13(15)17-16-12/h4-6H,1-3H3,(H2,15,17). The summed E-state index contributed by atoms with van der Waals surface area (Å²) in [5.41, 5.74) is 9.77. The maximum Gasteiger partial charge on any atom is 0.149 e. The summed E-state index contributed by atoms with van der Waals surface area (Å²) in [7, 11) is 0. The Bertz CT molecular complexity index is 559. The number of nitrogens with two attached hydrogens (primary N) is 1. The van der Waals surface area contributed by atoms with Crippen molar-refractivity contribution in [1.29, 1.82) is 0 Å². The minimum atomic E-state index is -0.268. The van der Waals surface area contributed by atoms with Crippen LogP contribution in [0.3, 0.4) is 0 Å². The molecule has 0 fully saturated rings. The van der Waals surface area contributed by atoms with Crippen molar-refractivity contribution in [3.05, 3.63) is 40.7 Å². The second-order valence-corrected chi connectivity index (χ2v) is 4.20. The van der Waals surface area contributed by atoms with E-state index in [-0.39, 0.29) is 5.82 Å². The summed E-state index contributed by atoms with van der Waals surface area (Å²) in [5.74, 6) is 0.148. The van der Waals surface area contributed by atoms with Gasteiger partial charge >= 0.3 is 0 Å². The van der Waals surface area contributed by atoms with Crippen molar-refractivity contribution in [2.24, 2.45) is 0 Å². The molecular formula is C13H14FN3.